The SMILES string of the molecule is N#Cc1ccc(CN2C(=O)C(c3ccccc3)Oc3ccc(N)nc32)cc1. The number of anilines is 2. The van der Waals surface area contributed by atoms with Crippen LogP contribution in [0.15, 0.2) is 66.7 Å². The molecule has 0 aliphatic carbocycles. The predicted octanol–water partition coefficient (Wildman–Crippen LogP) is 3.20. The van der Waals surface area contributed by atoms with Crippen LogP contribution in [0.25, 0.3) is 0 Å². The standard InChI is InChI=1S/C21H16N4O2/c22-12-14-6-8-15(9-7-14)13-25-20-17(10-11-18(23)24-20)27-19(21(25)26)16-4-2-1-3-5-16/h1-11,19H,13H2,(H2,23,24). The van der Waals surface area contributed by atoms with Gasteiger partial charge in [-0.3, -0.25) is 9.69 Å². The van der Waals surface area contributed by atoms with Crippen LogP contribution in [0.2, 0.25) is 0 Å². The Bertz CT molecular complexity index is 1030. The van der Waals surface area contributed by atoms with E-state index in [1.165, 1.54) is 0 Å². The largest absolute Gasteiger partial charge is 0.472 e. The van der Waals surface area contributed by atoms with Gasteiger partial charge in [0, 0.05) is 5.56 Å². The summed E-state index contributed by atoms with van der Waals surface area (Å²) in [6.07, 6.45) is -0.748. The maximum absolute atomic E-state index is 13.2. The maximum atomic E-state index is 13.2. The lowest BCUT2D eigenvalue weighted by atomic mass is 10.1. The van der Waals surface area contributed by atoms with Gasteiger partial charge < -0.3 is 10.5 Å². The zero-order valence-corrected chi connectivity index (χ0v) is 14.4. The molecule has 4 rings (SSSR count). The molecule has 0 fully saturated rings. The quantitative estimate of drug-likeness (QED) is 0.778. The number of fused-ring (bicyclic) bond motifs is 1. The van der Waals surface area contributed by atoms with Crippen LogP contribution in [0, 0.1) is 11.3 Å². The van der Waals surface area contributed by atoms with Crippen molar-refractivity contribution in [2.24, 2.45) is 0 Å². The molecule has 0 bridgehead atoms. The maximum Gasteiger partial charge on any atom is 0.274 e. The Morgan fingerprint density at radius 1 is 1.07 bits per heavy atom. The monoisotopic (exact) mass is 356 g/mol. The van der Waals surface area contributed by atoms with Crippen molar-refractivity contribution < 1.29 is 9.53 Å². The minimum absolute atomic E-state index is 0.212. The van der Waals surface area contributed by atoms with Crippen molar-refractivity contribution in [1.82, 2.24) is 4.98 Å². The molecular weight excluding hydrogens is 340 g/mol. The van der Waals surface area contributed by atoms with Gasteiger partial charge >= 0.3 is 0 Å². The highest BCUT2D eigenvalue weighted by atomic mass is 16.5. The minimum atomic E-state index is -0.748. The highest BCUT2D eigenvalue weighted by Crippen LogP contribution is 2.38. The van der Waals surface area contributed by atoms with Gasteiger partial charge in [-0.05, 0) is 29.8 Å². The van der Waals surface area contributed by atoms with Gasteiger partial charge in [0.1, 0.15) is 5.82 Å². The van der Waals surface area contributed by atoms with Crippen molar-refractivity contribution in [3.63, 3.8) is 0 Å². The van der Waals surface area contributed by atoms with E-state index in [1.807, 2.05) is 42.5 Å². The number of nitrogens with zero attached hydrogens (tertiary/aromatic N) is 3. The van der Waals surface area contributed by atoms with Crippen molar-refractivity contribution in [3.05, 3.63) is 83.4 Å². The molecule has 1 aliphatic rings. The van der Waals surface area contributed by atoms with Crippen molar-refractivity contribution in [1.29, 1.82) is 5.26 Å². The van der Waals surface area contributed by atoms with Gasteiger partial charge in [-0.1, -0.05) is 42.5 Å². The summed E-state index contributed by atoms with van der Waals surface area (Å²) in [6.45, 7) is 0.306. The number of aromatic nitrogens is 1. The molecule has 1 atom stereocenters. The molecule has 2 heterocycles. The second-order valence-electron chi connectivity index (χ2n) is 6.20. The average molecular weight is 356 g/mol. The van der Waals surface area contributed by atoms with E-state index in [0.29, 0.717) is 29.5 Å². The van der Waals surface area contributed by atoms with E-state index in [2.05, 4.69) is 11.1 Å². The molecule has 6 nitrogen and oxygen atoms in total. The molecular formula is C21H16N4O2. The second kappa shape index (κ2) is 6.81. The molecule has 1 amide bonds. The minimum Gasteiger partial charge on any atom is -0.472 e. The van der Waals surface area contributed by atoms with Gasteiger partial charge in [0.15, 0.2) is 11.6 Å². The predicted molar refractivity (Wildman–Crippen MR) is 101 cm³/mol. The normalized spacial score (nSPS) is 15.6. The number of amides is 1. The molecule has 0 saturated carbocycles. The lowest BCUT2D eigenvalue weighted by Gasteiger charge is -2.33. The molecule has 3 aromatic rings. The highest BCUT2D eigenvalue weighted by Gasteiger charge is 2.36. The molecule has 0 spiro atoms. The fourth-order valence-electron chi connectivity index (χ4n) is 3.02. The van der Waals surface area contributed by atoms with E-state index in [1.54, 1.807) is 29.2 Å². The number of carbonyl (C=O) groups excluding carboxylic acids is 1. The summed E-state index contributed by atoms with van der Waals surface area (Å²) in [6, 6.07) is 21.9. The molecule has 0 saturated heterocycles. The average Bonchev–Trinajstić information content (AvgIpc) is 2.71. The molecule has 2 N–H and O–H groups in total. The molecule has 1 aliphatic heterocycles. The summed E-state index contributed by atoms with van der Waals surface area (Å²) in [5.41, 5.74) is 8.05. The van der Waals surface area contributed by atoms with Crippen molar-refractivity contribution in [2.45, 2.75) is 12.6 Å². The first kappa shape index (κ1) is 16.6. The second-order valence-corrected chi connectivity index (χ2v) is 6.20. The van der Waals surface area contributed by atoms with Gasteiger partial charge in [-0.2, -0.15) is 5.26 Å². The number of ether oxygens (including phenoxy) is 1. The number of benzene rings is 2. The first-order valence-corrected chi connectivity index (χ1v) is 8.44. The third kappa shape index (κ3) is 3.18. The van der Waals surface area contributed by atoms with Crippen LogP contribution in [0.4, 0.5) is 11.6 Å². The van der Waals surface area contributed by atoms with Crippen molar-refractivity contribution >= 4 is 17.5 Å². The summed E-state index contributed by atoms with van der Waals surface area (Å²) in [4.78, 5) is 19.1. The Balaban J connectivity index is 1.74. The van der Waals surface area contributed by atoms with Crippen LogP contribution >= 0.6 is 0 Å². The summed E-state index contributed by atoms with van der Waals surface area (Å²) >= 11 is 0. The van der Waals surface area contributed by atoms with E-state index in [-0.39, 0.29) is 5.91 Å². The van der Waals surface area contributed by atoms with Crippen LogP contribution in [-0.4, -0.2) is 10.9 Å². The molecule has 6 heteroatoms. The van der Waals surface area contributed by atoms with E-state index in [4.69, 9.17) is 15.7 Å². The third-order valence-electron chi connectivity index (χ3n) is 4.38. The molecule has 27 heavy (non-hydrogen) atoms. The number of nitrogens with two attached hydrogens (primary N) is 1. The van der Waals surface area contributed by atoms with Gasteiger partial charge in [0.25, 0.3) is 5.91 Å². The van der Waals surface area contributed by atoms with Gasteiger partial charge in [-0.15, -0.1) is 0 Å². The molecule has 0 radical (unpaired) electrons. The number of nitrogen functional groups attached to an aromatic ring is 1. The third-order valence-corrected chi connectivity index (χ3v) is 4.38. The molecule has 1 unspecified atom stereocenters. The Labute approximate surface area is 156 Å². The number of carbonyl (C=O) groups is 1. The number of hydrogen-bond donors (Lipinski definition) is 1. The number of rotatable bonds is 3. The molecule has 132 valence electrons. The summed E-state index contributed by atoms with van der Waals surface area (Å²) in [7, 11) is 0. The fraction of sp³-hybridized carbons (Fsp3) is 0.0952. The van der Waals surface area contributed by atoms with Gasteiger partial charge in [0.05, 0.1) is 18.2 Å². The van der Waals surface area contributed by atoms with Crippen LogP contribution < -0.4 is 15.4 Å². The van der Waals surface area contributed by atoms with Crippen LogP contribution in [0.5, 0.6) is 5.75 Å². The Hall–Kier alpha value is -3.85. The number of nitriles is 1. The summed E-state index contributed by atoms with van der Waals surface area (Å²) in [5.74, 6) is 1.01. The van der Waals surface area contributed by atoms with E-state index < -0.39 is 6.10 Å². The first-order valence-electron chi connectivity index (χ1n) is 8.44. The van der Waals surface area contributed by atoms with Crippen molar-refractivity contribution in [2.75, 3.05) is 10.6 Å². The van der Waals surface area contributed by atoms with E-state index in [9.17, 15) is 4.79 Å². The lowest BCUT2D eigenvalue weighted by Crippen LogP contribution is -2.41. The number of hydrogen-bond acceptors (Lipinski definition) is 5. The summed E-state index contributed by atoms with van der Waals surface area (Å²) in [5, 5.41) is 8.96. The lowest BCUT2D eigenvalue weighted by molar-refractivity contribution is -0.126. The summed E-state index contributed by atoms with van der Waals surface area (Å²) < 4.78 is 5.94. The van der Waals surface area contributed by atoms with Gasteiger partial charge in [-0.25, -0.2) is 4.98 Å². The van der Waals surface area contributed by atoms with E-state index >= 15 is 0 Å². The highest BCUT2D eigenvalue weighted by molar-refractivity contribution is 5.99. The zero-order chi connectivity index (χ0) is 18.8. The van der Waals surface area contributed by atoms with Crippen LogP contribution in [0.3, 0.4) is 0 Å². The van der Waals surface area contributed by atoms with E-state index in [0.717, 1.165) is 11.1 Å². The Kier molecular flexibility index (Phi) is 4.19. The van der Waals surface area contributed by atoms with Crippen molar-refractivity contribution in [3.8, 4) is 11.8 Å². The van der Waals surface area contributed by atoms with Gasteiger partial charge in [0.2, 0.25) is 6.10 Å². The topological polar surface area (TPSA) is 92.2 Å². The Morgan fingerprint density at radius 3 is 2.52 bits per heavy atom. The number of pyridine rings is 1. The zero-order valence-electron chi connectivity index (χ0n) is 14.4. The molecule has 2 aromatic carbocycles. The Morgan fingerprint density at radius 2 is 1.81 bits per heavy atom. The molecule has 1 aromatic heterocycles. The van der Waals surface area contributed by atoms with Crippen LogP contribution in [0.1, 0.15) is 22.8 Å². The van der Waals surface area contributed by atoms with Crippen LogP contribution in [-0.2, 0) is 11.3 Å². The fourth-order valence-corrected chi connectivity index (χ4v) is 3.02. The smallest absolute Gasteiger partial charge is 0.274 e. The first-order chi connectivity index (χ1) is 13.2.